The Kier molecular flexibility index (Phi) is 5.66. The summed E-state index contributed by atoms with van der Waals surface area (Å²) >= 11 is 1.70. The summed E-state index contributed by atoms with van der Waals surface area (Å²) in [4.78, 5) is 17.8. The fourth-order valence-electron chi connectivity index (χ4n) is 1.56. The van der Waals surface area contributed by atoms with Gasteiger partial charge in [-0.3, -0.25) is 9.79 Å². The zero-order valence-corrected chi connectivity index (χ0v) is 11.1. The van der Waals surface area contributed by atoms with Crippen LogP contribution in [-0.2, 0) is 4.79 Å². The second-order valence-electron chi connectivity index (χ2n) is 3.87. The Balaban J connectivity index is 2.42. The van der Waals surface area contributed by atoms with E-state index in [4.69, 9.17) is 0 Å². The van der Waals surface area contributed by atoms with Crippen LogP contribution >= 0.6 is 11.8 Å². The fraction of sp³-hybridized carbons (Fsp3) is 0.818. The van der Waals surface area contributed by atoms with Crippen molar-refractivity contribution < 1.29 is 4.79 Å². The molecule has 1 rings (SSSR count). The lowest BCUT2D eigenvalue weighted by Crippen LogP contribution is -2.37. The van der Waals surface area contributed by atoms with Gasteiger partial charge in [0.25, 0.3) is 0 Å². The van der Waals surface area contributed by atoms with Crippen LogP contribution in [0.15, 0.2) is 4.99 Å². The maximum absolute atomic E-state index is 11.7. The molecular formula is C11H21N3OS. The number of hydrogen-bond acceptors (Lipinski definition) is 3. The number of amidine groups is 1. The van der Waals surface area contributed by atoms with Crippen molar-refractivity contribution in [2.24, 2.45) is 4.99 Å². The molecule has 1 aliphatic rings. The molecule has 0 aromatic rings. The number of rotatable bonds is 4. The Morgan fingerprint density at radius 1 is 1.56 bits per heavy atom. The maximum Gasteiger partial charge on any atom is 0.244 e. The largest absolute Gasteiger partial charge is 0.362 e. The van der Waals surface area contributed by atoms with Crippen LogP contribution in [-0.4, -0.2) is 47.4 Å². The predicted molar refractivity (Wildman–Crippen MR) is 69.9 cm³/mol. The van der Waals surface area contributed by atoms with Crippen LogP contribution in [0.5, 0.6) is 0 Å². The zero-order valence-electron chi connectivity index (χ0n) is 10.3. The van der Waals surface area contributed by atoms with Crippen molar-refractivity contribution in [2.45, 2.75) is 33.2 Å². The molecule has 1 aliphatic heterocycles. The van der Waals surface area contributed by atoms with Gasteiger partial charge in [0.2, 0.25) is 5.91 Å². The minimum absolute atomic E-state index is 0.109. The third kappa shape index (κ3) is 4.04. The highest BCUT2D eigenvalue weighted by atomic mass is 32.2. The van der Waals surface area contributed by atoms with Crippen molar-refractivity contribution in [3.63, 3.8) is 0 Å². The van der Waals surface area contributed by atoms with Gasteiger partial charge >= 0.3 is 0 Å². The van der Waals surface area contributed by atoms with Crippen LogP contribution in [0, 0.1) is 0 Å². The fourth-order valence-corrected chi connectivity index (χ4v) is 2.67. The Morgan fingerprint density at radius 3 is 2.81 bits per heavy atom. The van der Waals surface area contributed by atoms with E-state index in [0.29, 0.717) is 6.04 Å². The number of aliphatic imine (C=N–C) groups is 1. The molecule has 0 aromatic carbocycles. The van der Waals surface area contributed by atoms with E-state index in [1.165, 1.54) is 0 Å². The highest BCUT2D eigenvalue weighted by Gasteiger charge is 2.14. The average molecular weight is 243 g/mol. The van der Waals surface area contributed by atoms with Crippen molar-refractivity contribution in [1.29, 1.82) is 0 Å². The number of amides is 1. The average Bonchev–Trinajstić information content (AvgIpc) is 2.28. The van der Waals surface area contributed by atoms with E-state index in [1.54, 1.807) is 16.7 Å². The van der Waals surface area contributed by atoms with Crippen LogP contribution in [0.2, 0.25) is 0 Å². The molecule has 0 radical (unpaired) electrons. The number of likely N-dealkylation sites (N-methyl/N-ethyl adjacent to an activating group) is 1. The van der Waals surface area contributed by atoms with Crippen LogP contribution in [0.1, 0.15) is 27.2 Å². The number of carbonyl (C=O) groups is 1. The smallest absolute Gasteiger partial charge is 0.244 e. The quantitative estimate of drug-likeness (QED) is 0.810. The molecule has 4 nitrogen and oxygen atoms in total. The van der Waals surface area contributed by atoms with Gasteiger partial charge in [0.05, 0.1) is 0 Å². The first-order valence-corrected chi connectivity index (χ1v) is 6.87. The molecule has 5 heteroatoms. The monoisotopic (exact) mass is 243 g/mol. The first-order chi connectivity index (χ1) is 7.67. The number of nitrogens with zero attached hydrogens (tertiary/aromatic N) is 2. The van der Waals surface area contributed by atoms with Crippen molar-refractivity contribution in [3.05, 3.63) is 0 Å². The van der Waals surface area contributed by atoms with E-state index in [1.807, 2.05) is 13.8 Å². The maximum atomic E-state index is 11.7. The van der Waals surface area contributed by atoms with Gasteiger partial charge < -0.3 is 10.2 Å². The zero-order chi connectivity index (χ0) is 12.0. The lowest BCUT2D eigenvalue weighted by molar-refractivity contribution is -0.129. The summed E-state index contributed by atoms with van der Waals surface area (Å²) in [6, 6.07) is 0.476. The molecule has 0 spiro atoms. The van der Waals surface area contributed by atoms with Gasteiger partial charge in [-0.25, -0.2) is 0 Å². The molecule has 1 fully saturated rings. The van der Waals surface area contributed by atoms with Crippen LogP contribution < -0.4 is 5.32 Å². The lowest BCUT2D eigenvalue weighted by Gasteiger charge is -2.22. The number of thioether (sulfide) groups is 1. The second-order valence-corrected chi connectivity index (χ2v) is 4.95. The number of nitrogens with one attached hydrogen (secondary N) is 1. The minimum atomic E-state index is 0.109. The molecule has 16 heavy (non-hydrogen) atoms. The summed E-state index contributed by atoms with van der Waals surface area (Å²) in [5.41, 5.74) is 0. The summed E-state index contributed by atoms with van der Waals surface area (Å²) < 4.78 is 0. The highest BCUT2D eigenvalue weighted by Crippen LogP contribution is 2.13. The molecule has 0 aliphatic carbocycles. The molecule has 1 N–H and O–H groups in total. The molecule has 1 saturated heterocycles. The van der Waals surface area contributed by atoms with Gasteiger partial charge in [-0.15, -0.1) is 0 Å². The SMILES string of the molecule is CCN(CC)C(=O)CN=C1NC(C)CCS1. The Bertz CT molecular complexity index is 264. The lowest BCUT2D eigenvalue weighted by atomic mass is 10.3. The normalized spacial score (nSPS) is 22.9. The summed E-state index contributed by atoms with van der Waals surface area (Å²) in [5.74, 6) is 1.20. The highest BCUT2D eigenvalue weighted by molar-refractivity contribution is 8.13. The van der Waals surface area contributed by atoms with Crippen molar-refractivity contribution in [3.8, 4) is 0 Å². The van der Waals surface area contributed by atoms with Gasteiger partial charge in [-0.1, -0.05) is 11.8 Å². The van der Waals surface area contributed by atoms with E-state index >= 15 is 0 Å². The summed E-state index contributed by atoms with van der Waals surface area (Å²) in [6.07, 6.45) is 1.16. The summed E-state index contributed by atoms with van der Waals surface area (Å²) in [6.45, 7) is 7.91. The Morgan fingerprint density at radius 2 is 2.25 bits per heavy atom. The number of carbonyl (C=O) groups excluding carboxylic acids is 1. The molecular weight excluding hydrogens is 222 g/mol. The predicted octanol–water partition coefficient (Wildman–Crippen LogP) is 1.33. The van der Waals surface area contributed by atoms with Crippen molar-refractivity contribution in [1.82, 2.24) is 10.2 Å². The summed E-state index contributed by atoms with van der Waals surface area (Å²) in [7, 11) is 0. The van der Waals surface area contributed by atoms with E-state index < -0.39 is 0 Å². The van der Waals surface area contributed by atoms with E-state index in [-0.39, 0.29) is 12.5 Å². The molecule has 92 valence electrons. The third-order valence-electron chi connectivity index (χ3n) is 2.63. The molecule has 0 bridgehead atoms. The molecule has 1 heterocycles. The summed E-state index contributed by atoms with van der Waals surface area (Å²) in [5, 5.41) is 4.20. The minimum Gasteiger partial charge on any atom is -0.362 e. The first-order valence-electron chi connectivity index (χ1n) is 5.88. The molecule has 1 amide bonds. The van der Waals surface area contributed by atoms with Crippen molar-refractivity contribution >= 4 is 22.8 Å². The standard InChI is InChI=1S/C11H21N3OS/c1-4-14(5-2)10(15)8-12-11-13-9(3)6-7-16-11/h9H,4-8H2,1-3H3,(H,12,13). The second kappa shape index (κ2) is 6.78. The van der Waals surface area contributed by atoms with E-state index in [9.17, 15) is 4.79 Å². The van der Waals surface area contributed by atoms with E-state index in [0.717, 1.165) is 30.4 Å². The number of hydrogen-bond donors (Lipinski definition) is 1. The van der Waals surface area contributed by atoms with Gasteiger partial charge in [-0.05, 0) is 27.2 Å². The van der Waals surface area contributed by atoms with Crippen LogP contribution in [0.25, 0.3) is 0 Å². The Hall–Kier alpha value is -0.710. The van der Waals surface area contributed by atoms with Crippen molar-refractivity contribution in [2.75, 3.05) is 25.4 Å². The van der Waals surface area contributed by atoms with Crippen LogP contribution in [0.4, 0.5) is 0 Å². The Labute approximate surface area is 102 Å². The molecule has 1 unspecified atom stereocenters. The van der Waals surface area contributed by atoms with Gasteiger partial charge in [0.15, 0.2) is 5.17 Å². The van der Waals surface area contributed by atoms with Crippen LogP contribution in [0.3, 0.4) is 0 Å². The van der Waals surface area contributed by atoms with Gasteiger partial charge in [0, 0.05) is 24.9 Å². The molecule has 1 atom stereocenters. The third-order valence-corrected chi connectivity index (χ3v) is 3.59. The topological polar surface area (TPSA) is 44.7 Å². The molecule has 0 saturated carbocycles. The van der Waals surface area contributed by atoms with E-state index in [2.05, 4.69) is 17.2 Å². The molecule has 0 aromatic heterocycles. The van der Waals surface area contributed by atoms with Gasteiger partial charge in [0.1, 0.15) is 6.54 Å². The van der Waals surface area contributed by atoms with Gasteiger partial charge in [-0.2, -0.15) is 0 Å². The first kappa shape index (κ1) is 13.4.